The highest BCUT2D eigenvalue weighted by Crippen LogP contribution is 2.30. The SMILES string of the molecule is CC(=O)N[C@@H]1[C@@H](O)[C@H](O)[C@@H](CO)O[C@]1(O)CCN. The van der Waals surface area contributed by atoms with Crippen LogP contribution >= 0.6 is 0 Å². The zero-order valence-electron chi connectivity index (χ0n) is 10.1. The van der Waals surface area contributed by atoms with Crippen LogP contribution < -0.4 is 11.1 Å². The maximum Gasteiger partial charge on any atom is 0.217 e. The molecule has 0 spiro atoms. The van der Waals surface area contributed by atoms with Gasteiger partial charge in [0.05, 0.1) is 6.61 Å². The highest BCUT2D eigenvalue weighted by Gasteiger charge is 2.52. The van der Waals surface area contributed by atoms with E-state index in [0.717, 1.165) is 0 Å². The minimum Gasteiger partial charge on any atom is -0.394 e. The summed E-state index contributed by atoms with van der Waals surface area (Å²) < 4.78 is 5.16. The van der Waals surface area contributed by atoms with E-state index in [1.54, 1.807) is 0 Å². The quantitative estimate of drug-likeness (QED) is 0.311. The van der Waals surface area contributed by atoms with Gasteiger partial charge in [-0.25, -0.2) is 0 Å². The number of hydrogen-bond donors (Lipinski definition) is 6. The summed E-state index contributed by atoms with van der Waals surface area (Å²) in [6, 6.07) is -1.21. The van der Waals surface area contributed by atoms with E-state index in [1.165, 1.54) is 6.92 Å². The van der Waals surface area contributed by atoms with E-state index in [1.807, 2.05) is 0 Å². The summed E-state index contributed by atoms with van der Waals surface area (Å²) in [4.78, 5) is 11.1. The summed E-state index contributed by atoms with van der Waals surface area (Å²) in [5.41, 5.74) is 5.35. The number of hydrogen-bond acceptors (Lipinski definition) is 7. The molecule has 18 heavy (non-hydrogen) atoms. The van der Waals surface area contributed by atoms with Gasteiger partial charge in [-0.15, -0.1) is 0 Å². The van der Waals surface area contributed by atoms with Crippen LogP contribution in [0.15, 0.2) is 0 Å². The molecule has 1 fully saturated rings. The van der Waals surface area contributed by atoms with Crippen LogP contribution in [0.1, 0.15) is 13.3 Å². The van der Waals surface area contributed by atoms with Crippen molar-refractivity contribution in [3.63, 3.8) is 0 Å². The second kappa shape index (κ2) is 5.91. The van der Waals surface area contributed by atoms with Gasteiger partial charge >= 0.3 is 0 Å². The standard InChI is InChI=1S/C10H20N2O6/c1-5(14)12-9-8(16)7(15)6(4-13)18-10(9,17)2-3-11/h6-9,13,15-17H,2-4,11H2,1H3,(H,12,14)/t6-,7-,8+,9-,10-/m1/s1. The fraction of sp³-hybridized carbons (Fsp3) is 0.900. The molecule has 1 amide bonds. The van der Waals surface area contributed by atoms with Crippen molar-refractivity contribution in [2.24, 2.45) is 5.73 Å². The maximum absolute atomic E-state index is 11.1. The van der Waals surface area contributed by atoms with Gasteiger partial charge < -0.3 is 36.2 Å². The summed E-state index contributed by atoms with van der Waals surface area (Å²) in [6.07, 6.45) is -4.07. The van der Waals surface area contributed by atoms with Gasteiger partial charge in [-0.1, -0.05) is 0 Å². The Balaban J connectivity index is 2.97. The van der Waals surface area contributed by atoms with Gasteiger partial charge in [-0.05, 0) is 6.54 Å². The zero-order valence-corrected chi connectivity index (χ0v) is 10.1. The lowest BCUT2D eigenvalue weighted by atomic mass is 9.88. The molecule has 0 unspecified atom stereocenters. The van der Waals surface area contributed by atoms with Crippen molar-refractivity contribution in [3.8, 4) is 0 Å². The zero-order chi connectivity index (χ0) is 13.9. The molecule has 1 rings (SSSR count). The molecule has 106 valence electrons. The molecule has 5 atom stereocenters. The lowest BCUT2D eigenvalue weighted by molar-refractivity contribution is -0.319. The number of nitrogens with one attached hydrogen (secondary N) is 1. The molecule has 1 aliphatic rings. The van der Waals surface area contributed by atoms with Gasteiger partial charge in [0.25, 0.3) is 0 Å². The van der Waals surface area contributed by atoms with Crippen LogP contribution in [0, 0.1) is 0 Å². The van der Waals surface area contributed by atoms with E-state index in [0.29, 0.717) is 0 Å². The summed E-state index contributed by atoms with van der Waals surface area (Å²) in [6.45, 7) is 0.686. The van der Waals surface area contributed by atoms with Gasteiger partial charge in [-0.3, -0.25) is 4.79 Å². The van der Waals surface area contributed by atoms with Crippen molar-refractivity contribution in [2.45, 2.75) is 43.5 Å². The Hall–Kier alpha value is -0.770. The summed E-state index contributed by atoms with van der Waals surface area (Å²) in [7, 11) is 0. The lowest BCUT2D eigenvalue weighted by Crippen LogP contribution is -2.70. The van der Waals surface area contributed by atoms with Crippen LogP contribution in [-0.4, -0.2) is 69.6 Å². The number of aliphatic hydroxyl groups excluding tert-OH is 3. The number of ether oxygens (including phenoxy) is 1. The van der Waals surface area contributed by atoms with Crippen LogP contribution in [0.5, 0.6) is 0 Å². The van der Waals surface area contributed by atoms with Crippen molar-refractivity contribution in [1.82, 2.24) is 5.32 Å². The first kappa shape index (κ1) is 15.3. The fourth-order valence-electron chi connectivity index (χ4n) is 2.07. The normalized spacial score (nSPS) is 40.6. The molecule has 0 bridgehead atoms. The average molecular weight is 264 g/mol. The number of rotatable bonds is 4. The average Bonchev–Trinajstić information content (AvgIpc) is 2.30. The minimum atomic E-state index is -1.92. The maximum atomic E-state index is 11.1. The topological polar surface area (TPSA) is 145 Å². The van der Waals surface area contributed by atoms with E-state index in [4.69, 9.17) is 15.6 Å². The number of nitrogens with two attached hydrogens (primary N) is 1. The number of carbonyl (C=O) groups is 1. The highest BCUT2D eigenvalue weighted by molar-refractivity contribution is 5.73. The highest BCUT2D eigenvalue weighted by atomic mass is 16.6. The first-order valence-electron chi connectivity index (χ1n) is 5.70. The van der Waals surface area contributed by atoms with Crippen molar-refractivity contribution >= 4 is 5.91 Å². The predicted molar refractivity (Wildman–Crippen MR) is 60.2 cm³/mol. The molecule has 1 heterocycles. The van der Waals surface area contributed by atoms with E-state index in [-0.39, 0.29) is 13.0 Å². The third-order valence-electron chi connectivity index (χ3n) is 2.96. The molecule has 7 N–H and O–H groups in total. The van der Waals surface area contributed by atoms with Crippen LogP contribution in [0.4, 0.5) is 0 Å². The molecule has 0 aromatic carbocycles. The van der Waals surface area contributed by atoms with Gasteiger partial charge in [0.15, 0.2) is 5.79 Å². The van der Waals surface area contributed by atoms with E-state index >= 15 is 0 Å². The minimum absolute atomic E-state index is 0.0492. The van der Waals surface area contributed by atoms with Gasteiger partial charge in [-0.2, -0.15) is 0 Å². The largest absolute Gasteiger partial charge is 0.394 e. The molecule has 0 saturated carbocycles. The fourth-order valence-corrected chi connectivity index (χ4v) is 2.07. The van der Waals surface area contributed by atoms with Crippen LogP contribution in [0.2, 0.25) is 0 Å². The van der Waals surface area contributed by atoms with Crippen LogP contribution in [-0.2, 0) is 9.53 Å². The van der Waals surface area contributed by atoms with Gasteiger partial charge in [0.2, 0.25) is 5.91 Å². The number of amides is 1. The molecule has 0 aromatic heterocycles. The van der Waals surface area contributed by atoms with E-state index in [9.17, 15) is 20.1 Å². The van der Waals surface area contributed by atoms with Crippen molar-refractivity contribution in [1.29, 1.82) is 0 Å². The lowest BCUT2D eigenvalue weighted by Gasteiger charge is -2.47. The molecule has 8 heteroatoms. The van der Waals surface area contributed by atoms with Crippen LogP contribution in [0.25, 0.3) is 0 Å². The van der Waals surface area contributed by atoms with Crippen molar-refractivity contribution < 1.29 is 30.0 Å². The predicted octanol–water partition coefficient (Wildman–Crippen LogP) is -3.36. The third kappa shape index (κ3) is 2.97. The van der Waals surface area contributed by atoms with Crippen LogP contribution in [0.3, 0.4) is 0 Å². The Bertz CT molecular complexity index is 302. The smallest absolute Gasteiger partial charge is 0.217 e. The number of aliphatic hydroxyl groups is 4. The molecular formula is C10H20N2O6. The molecule has 0 aromatic rings. The van der Waals surface area contributed by atoms with Crippen molar-refractivity contribution in [2.75, 3.05) is 13.2 Å². The van der Waals surface area contributed by atoms with E-state index in [2.05, 4.69) is 5.32 Å². The summed E-state index contributed by atoms with van der Waals surface area (Å²) >= 11 is 0. The second-order valence-electron chi connectivity index (χ2n) is 4.38. The first-order valence-corrected chi connectivity index (χ1v) is 5.70. The first-order chi connectivity index (χ1) is 8.35. The molecule has 1 aliphatic heterocycles. The summed E-state index contributed by atoms with van der Waals surface area (Å²) in [5, 5.41) is 41.2. The third-order valence-corrected chi connectivity index (χ3v) is 2.96. The molecule has 8 nitrogen and oxygen atoms in total. The number of carbonyl (C=O) groups excluding carboxylic acids is 1. The molecule has 1 saturated heterocycles. The monoisotopic (exact) mass is 264 g/mol. The Morgan fingerprint density at radius 2 is 2.06 bits per heavy atom. The van der Waals surface area contributed by atoms with Crippen molar-refractivity contribution in [3.05, 3.63) is 0 Å². The molecule has 0 radical (unpaired) electrons. The van der Waals surface area contributed by atoms with Gasteiger partial charge in [0, 0.05) is 13.3 Å². The molecule has 0 aliphatic carbocycles. The Kier molecular flexibility index (Phi) is 5.02. The summed E-state index contributed by atoms with van der Waals surface area (Å²) in [5.74, 6) is -2.42. The second-order valence-corrected chi connectivity index (χ2v) is 4.38. The van der Waals surface area contributed by atoms with Gasteiger partial charge in [0.1, 0.15) is 24.4 Å². The van der Waals surface area contributed by atoms with E-state index < -0.39 is 42.7 Å². The molecular weight excluding hydrogens is 244 g/mol. The Morgan fingerprint density at radius 3 is 2.50 bits per heavy atom. The Labute approximate surface area is 104 Å². The Morgan fingerprint density at radius 1 is 1.44 bits per heavy atom.